The molecular weight excluding hydrogens is 510 g/mol. The highest BCUT2D eigenvalue weighted by Gasteiger charge is 2.24. The van der Waals surface area contributed by atoms with Crippen LogP contribution in [0, 0.1) is 0 Å². The number of amides is 1. The van der Waals surface area contributed by atoms with Crippen LogP contribution in [0.3, 0.4) is 0 Å². The molecule has 1 aromatic carbocycles. The molecule has 1 N–H and O–H groups in total. The minimum absolute atomic E-state index is 0.0316. The van der Waals surface area contributed by atoms with E-state index >= 15 is 0 Å². The van der Waals surface area contributed by atoms with E-state index in [2.05, 4.69) is 27.1 Å². The van der Waals surface area contributed by atoms with Gasteiger partial charge in [-0.25, -0.2) is 13.4 Å². The third kappa shape index (κ3) is 7.23. The van der Waals surface area contributed by atoms with Gasteiger partial charge in [0.2, 0.25) is 5.91 Å². The molecule has 2 heterocycles. The molecule has 1 unspecified atom stereocenters. The van der Waals surface area contributed by atoms with Gasteiger partial charge in [0.05, 0.1) is 28.9 Å². The maximum atomic E-state index is 12.8. The van der Waals surface area contributed by atoms with Gasteiger partial charge in [-0.15, -0.1) is 28.1 Å². The summed E-state index contributed by atoms with van der Waals surface area (Å²) in [5.74, 6) is -0.779. The number of carbonyl (C=O) groups is 2. The van der Waals surface area contributed by atoms with Crippen molar-refractivity contribution < 1.29 is 22.7 Å². The highest BCUT2D eigenvalue weighted by molar-refractivity contribution is 8.00. The molecule has 0 aliphatic rings. The third-order valence-corrected chi connectivity index (χ3v) is 8.11. The topological polar surface area (TPSA) is 133 Å². The summed E-state index contributed by atoms with van der Waals surface area (Å²) in [4.78, 5) is 28.8. The fourth-order valence-corrected chi connectivity index (χ4v) is 5.81. The Hall–Kier alpha value is -3.03. The first kappa shape index (κ1) is 26.6. The maximum Gasteiger partial charge on any atom is 0.311 e. The summed E-state index contributed by atoms with van der Waals surface area (Å²) in [6.45, 7) is 7.72. The number of hydrogen-bond donors (Lipinski definition) is 1. The number of carbonyl (C=O) groups excluding carboxylic acids is 2. The highest BCUT2D eigenvalue weighted by Crippen LogP contribution is 2.26. The van der Waals surface area contributed by atoms with Crippen molar-refractivity contribution in [2.75, 3.05) is 11.9 Å². The number of thiazole rings is 1. The minimum atomic E-state index is -3.62. The number of anilines is 1. The van der Waals surface area contributed by atoms with Gasteiger partial charge < -0.3 is 14.6 Å². The second-order valence-electron chi connectivity index (χ2n) is 7.25. The second kappa shape index (κ2) is 12.1. The summed E-state index contributed by atoms with van der Waals surface area (Å²) in [6.07, 6.45) is 1.64. The monoisotopic (exact) mass is 535 g/mol. The van der Waals surface area contributed by atoms with E-state index in [1.807, 2.05) is 0 Å². The van der Waals surface area contributed by atoms with Crippen molar-refractivity contribution in [3.05, 3.63) is 59.9 Å². The molecule has 1 atom stereocenters. The summed E-state index contributed by atoms with van der Waals surface area (Å²) in [6, 6.07) is 8.12. The Bertz CT molecular complexity index is 1290. The van der Waals surface area contributed by atoms with Crippen LogP contribution in [0.5, 0.6) is 0 Å². The number of allylic oxidation sites excluding steroid dienone is 1. The van der Waals surface area contributed by atoms with E-state index in [1.54, 1.807) is 48.1 Å². The van der Waals surface area contributed by atoms with Crippen LogP contribution in [-0.2, 0) is 42.9 Å². The number of esters is 1. The summed E-state index contributed by atoms with van der Waals surface area (Å²) >= 11 is 2.35. The third-order valence-electron chi connectivity index (χ3n) is 4.59. The first-order valence-corrected chi connectivity index (χ1v) is 14.0. The fraction of sp³-hybridized carbons (Fsp3) is 0.318. The lowest BCUT2D eigenvalue weighted by molar-refractivity contribution is -0.142. The average Bonchev–Trinajstić information content (AvgIpc) is 3.41. The van der Waals surface area contributed by atoms with Crippen LogP contribution in [0.25, 0.3) is 0 Å². The van der Waals surface area contributed by atoms with E-state index in [-0.39, 0.29) is 47.9 Å². The number of rotatable bonds is 12. The number of nitrogens with one attached hydrogen (secondary N) is 1. The molecule has 2 aromatic heterocycles. The molecule has 10 nitrogen and oxygen atoms in total. The lowest BCUT2D eigenvalue weighted by atomic mass is 10.3. The first-order valence-electron chi connectivity index (χ1n) is 10.6. The molecule has 35 heavy (non-hydrogen) atoms. The van der Waals surface area contributed by atoms with E-state index < -0.39 is 15.1 Å². The summed E-state index contributed by atoms with van der Waals surface area (Å²) in [5, 5.41) is 12.8. The molecule has 0 bridgehead atoms. The number of hydrogen-bond acceptors (Lipinski definition) is 10. The van der Waals surface area contributed by atoms with Crippen LogP contribution in [0.1, 0.15) is 25.4 Å². The van der Waals surface area contributed by atoms with Crippen molar-refractivity contribution in [3.63, 3.8) is 0 Å². The van der Waals surface area contributed by atoms with Crippen LogP contribution < -0.4 is 5.32 Å². The van der Waals surface area contributed by atoms with Crippen LogP contribution in [-0.4, -0.2) is 51.9 Å². The zero-order valence-corrected chi connectivity index (χ0v) is 21.7. The van der Waals surface area contributed by atoms with E-state index in [1.165, 1.54) is 23.5 Å². The summed E-state index contributed by atoms with van der Waals surface area (Å²) in [5.41, 5.74) is 0.513. The normalized spacial score (nSPS) is 12.2. The summed E-state index contributed by atoms with van der Waals surface area (Å²) in [7, 11) is -3.62. The van der Waals surface area contributed by atoms with Crippen LogP contribution in [0.15, 0.2) is 58.4 Å². The van der Waals surface area contributed by atoms with E-state index in [9.17, 15) is 18.0 Å². The van der Waals surface area contributed by atoms with Crippen molar-refractivity contribution in [3.8, 4) is 0 Å². The number of aromatic nitrogens is 4. The van der Waals surface area contributed by atoms with Gasteiger partial charge in [-0.05, 0) is 26.0 Å². The Morgan fingerprint density at radius 3 is 2.71 bits per heavy atom. The van der Waals surface area contributed by atoms with Crippen molar-refractivity contribution in [2.45, 2.75) is 47.9 Å². The zero-order valence-electron chi connectivity index (χ0n) is 19.2. The molecule has 0 aliphatic carbocycles. The van der Waals surface area contributed by atoms with Gasteiger partial charge in [0.15, 0.2) is 20.1 Å². The number of benzene rings is 1. The van der Waals surface area contributed by atoms with Crippen LogP contribution in [0.4, 0.5) is 5.13 Å². The fourth-order valence-electron chi connectivity index (χ4n) is 2.93. The Morgan fingerprint density at radius 1 is 1.29 bits per heavy atom. The molecule has 0 saturated carbocycles. The maximum absolute atomic E-state index is 12.8. The van der Waals surface area contributed by atoms with E-state index in [4.69, 9.17) is 4.74 Å². The van der Waals surface area contributed by atoms with Crippen LogP contribution >= 0.6 is 23.1 Å². The van der Waals surface area contributed by atoms with Gasteiger partial charge in [-0.3, -0.25) is 9.59 Å². The Labute approximate surface area is 211 Å². The Balaban J connectivity index is 1.68. The van der Waals surface area contributed by atoms with Gasteiger partial charge >= 0.3 is 5.97 Å². The minimum Gasteiger partial charge on any atom is -0.466 e. The molecule has 3 aromatic rings. The van der Waals surface area contributed by atoms with Crippen molar-refractivity contribution in [2.24, 2.45) is 0 Å². The van der Waals surface area contributed by atoms with Gasteiger partial charge in [-0.1, -0.05) is 36.0 Å². The average molecular weight is 536 g/mol. The van der Waals surface area contributed by atoms with E-state index in [0.717, 1.165) is 11.8 Å². The Kier molecular flexibility index (Phi) is 9.18. The molecule has 186 valence electrons. The number of thioether (sulfide) groups is 1. The van der Waals surface area contributed by atoms with Crippen LogP contribution in [0.2, 0.25) is 0 Å². The van der Waals surface area contributed by atoms with Gasteiger partial charge in [0.25, 0.3) is 0 Å². The largest absolute Gasteiger partial charge is 0.466 e. The first-order chi connectivity index (χ1) is 16.7. The molecule has 0 spiro atoms. The lowest BCUT2D eigenvalue weighted by Gasteiger charge is -2.12. The molecule has 3 rings (SSSR count). The van der Waals surface area contributed by atoms with E-state index in [0.29, 0.717) is 16.0 Å². The molecule has 0 radical (unpaired) electrons. The second-order valence-corrected chi connectivity index (χ2v) is 11.4. The van der Waals surface area contributed by atoms with Gasteiger partial charge in [0, 0.05) is 11.9 Å². The SMILES string of the molecule is C=CCn1c(CS(=O)(=O)c2ccccc2)nnc1SC(C)C(=O)Nc1nc(CC(=O)OCC)cs1. The molecule has 1 amide bonds. The van der Waals surface area contributed by atoms with Gasteiger partial charge in [0.1, 0.15) is 11.6 Å². The molecule has 13 heteroatoms. The molecule has 0 saturated heterocycles. The quantitative estimate of drug-likeness (QED) is 0.211. The lowest BCUT2D eigenvalue weighted by Crippen LogP contribution is -2.23. The predicted octanol–water partition coefficient (Wildman–Crippen LogP) is 3.12. The smallest absolute Gasteiger partial charge is 0.311 e. The predicted molar refractivity (Wildman–Crippen MR) is 134 cm³/mol. The molecular formula is C22H25N5O5S3. The number of sulfone groups is 1. The zero-order chi connectivity index (χ0) is 25.4. The summed E-state index contributed by atoms with van der Waals surface area (Å²) < 4.78 is 32.1. The molecule has 0 fully saturated rings. The standard InChI is InChI=1S/C22H25N5O5S3/c1-4-11-27-18(14-35(30,31)17-9-7-6-8-10-17)25-26-22(27)34-15(3)20(29)24-21-23-16(13-33-21)12-19(28)32-5-2/h4,6-10,13,15H,1,5,11-12,14H2,2-3H3,(H,23,24,29). The number of nitrogens with zero attached hydrogens (tertiary/aromatic N) is 4. The van der Waals surface area contributed by atoms with Crippen molar-refractivity contribution >= 4 is 49.9 Å². The highest BCUT2D eigenvalue weighted by atomic mass is 32.2. The number of ether oxygens (including phenoxy) is 1. The van der Waals surface area contributed by atoms with Crippen molar-refractivity contribution in [1.82, 2.24) is 19.7 Å². The van der Waals surface area contributed by atoms with Gasteiger partial charge in [-0.2, -0.15) is 0 Å². The molecule has 0 aliphatic heterocycles. The Morgan fingerprint density at radius 2 is 2.03 bits per heavy atom. The van der Waals surface area contributed by atoms with Crippen molar-refractivity contribution in [1.29, 1.82) is 0 Å².